The third-order valence-electron chi connectivity index (χ3n) is 5.25. The molecule has 7 nitrogen and oxygen atoms in total. The van der Waals surface area contributed by atoms with Crippen molar-refractivity contribution in [1.29, 1.82) is 0 Å². The summed E-state index contributed by atoms with van der Waals surface area (Å²) in [5, 5.41) is 3.19. The van der Waals surface area contributed by atoms with Crippen LogP contribution in [0, 0.1) is 11.8 Å². The van der Waals surface area contributed by atoms with Gasteiger partial charge in [-0.05, 0) is 41.9 Å². The highest BCUT2D eigenvalue weighted by atomic mass is 16.3. The number of H-pyrrole nitrogens is 1. The van der Waals surface area contributed by atoms with Crippen LogP contribution in [0.4, 0.5) is 5.69 Å². The quantitative estimate of drug-likeness (QED) is 0.529. The molecule has 0 aliphatic carbocycles. The number of aryl methyl sites for hydroxylation is 1. The molecule has 0 spiro atoms. The number of benzene rings is 2. The Balaban J connectivity index is 1.70. The van der Waals surface area contributed by atoms with E-state index < -0.39 is 6.04 Å². The molecule has 29 heavy (non-hydrogen) atoms. The van der Waals surface area contributed by atoms with E-state index in [9.17, 15) is 9.70 Å². The fraction of sp³-hybridized carbons (Fsp3) is 0.136. The van der Waals surface area contributed by atoms with Crippen molar-refractivity contribution in [3.8, 4) is 0 Å². The minimum atomic E-state index is -0.585. The Morgan fingerprint density at radius 1 is 1.03 bits per heavy atom. The van der Waals surface area contributed by atoms with Crippen molar-refractivity contribution in [3.63, 3.8) is 0 Å². The zero-order valence-corrected chi connectivity index (χ0v) is 15.7. The van der Waals surface area contributed by atoms with Gasteiger partial charge in [0.1, 0.15) is 17.6 Å². The average Bonchev–Trinajstić information content (AvgIpc) is 3.30. The number of hydrogen-bond acceptors (Lipinski definition) is 5. The molecule has 2 aromatic heterocycles. The summed E-state index contributed by atoms with van der Waals surface area (Å²) < 4.78 is 0. The van der Waals surface area contributed by atoms with Crippen LogP contribution in [0.5, 0.6) is 0 Å². The third-order valence-corrected chi connectivity index (χ3v) is 5.25. The number of carbonyl (C=O) groups is 1. The molecule has 0 fully saturated rings. The number of nitrogens with zero attached hydrogens (tertiary/aromatic N) is 4. The third kappa shape index (κ3) is 2.79. The summed E-state index contributed by atoms with van der Waals surface area (Å²) in [4.78, 5) is 38.9. The maximum absolute atomic E-state index is 13.2. The van der Waals surface area contributed by atoms with Crippen molar-refractivity contribution in [2.24, 2.45) is 5.18 Å². The van der Waals surface area contributed by atoms with Gasteiger partial charge in [0, 0.05) is 23.4 Å². The number of nitrogens with one attached hydrogen (secondary N) is 1. The highest BCUT2D eigenvalue weighted by molar-refractivity contribution is 5.98. The van der Waals surface area contributed by atoms with E-state index in [1.165, 1.54) is 0 Å². The molecule has 2 aromatic carbocycles. The molecule has 1 unspecified atom stereocenters. The Bertz CT molecular complexity index is 1260. The van der Waals surface area contributed by atoms with Gasteiger partial charge in [0.2, 0.25) is 0 Å². The van der Waals surface area contributed by atoms with Crippen molar-refractivity contribution >= 4 is 22.8 Å². The maximum atomic E-state index is 13.2. The van der Waals surface area contributed by atoms with Crippen LogP contribution in [0.25, 0.3) is 11.2 Å². The summed E-state index contributed by atoms with van der Waals surface area (Å²) in [6.45, 7) is 2.33. The maximum Gasteiger partial charge on any atom is 0.255 e. The van der Waals surface area contributed by atoms with Gasteiger partial charge in [-0.1, -0.05) is 36.4 Å². The van der Waals surface area contributed by atoms with E-state index in [0.29, 0.717) is 29.1 Å². The summed E-state index contributed by atoms with van der Waals surface area (Å²) in [6.07, 6.45) is 0. The molecule has 1 aliphatic heterocycles. The summed E-state index contributed by atoms with van der Waals surface area (Å²) >= 11 is 0. The summed E-state index contributed by atoms with van der Waals surface area (Å²) in [5.74, 6) is 0.450. The van der Waals surface area contributed by atoms with Gasteiger partial charge in [0.25, 0.3) is 5.91 Å². The van der Waals surface area contributed by atoms with Gasteiger partial charge < -0.3 is 9.88 Å². The van der Waals surface area contributed by atoms with Crippen LogP contribution in [-0.2, 0) is 6.54 Å². The number of nitroso groups, excluding NO2 is 1. The first-order valence-electron chi connectivity index (χ1n) is 9.30. The van der Waals surface area contributed by atoms with Crippen LogP contribution in [-0.4, -0.2) is 25.8 Å². The van der Waals surface area contributed by atoms with E-state index >= 15 is 0 Å². The van der Waals surface area contributed by atoms with Crippen LogP contribution in [0.2, 0.25) is 0 Å². The van der Waals surface area contributed by atoms with Gasteiger partial charge in [-0.2, -0.15) is 0 Å². The van der Waals surface area contributed by atoms with Crippen LogP contribution >= 0.6 is 0 Å². The van der Waals surface area contributed by atoms with Gasteiger partial charge in [0.05, 0.1) is 5.52 Å². The lowest BCUT2D eigenvalue weighted by atomic mass is 10.0. The molecule has 1 aliphatic rings. The molecule has 1 atom stereocenters. The minimum Gasteiger partial charge on any atom is -0.339 e. The van der Waals surface area contributed by atoms with E-state index in [1.54, 1.807) is 17.0 Å². The number of imidazole rings is 1. The lowest BCUT2D eigenvalue weighted by Crippen LogP contribution is -2.30. The van der Waals surface area contributed by atoms with Crippen molar-refractivity contribution in [2.45, 2.75) is 19.5 Å². The number of pyridine rings is 1. The Morgan fingerprint density at radius 3 is 2.66 bits per heavy atom. The second kappa shape index (κ2) is 6.63. The number of aromatic amines is 1. The molecular weight excluding hydrogens is 366 g/mol. The molecule has 1 amide bonds. The molecular formula is C22H17N5O2. The number of fused-ring (bicyclic) bond motifs is 2. The smallest absolute Gasteiger partial charge is 0.255 e. The van der Waals surface area contributed by atoms with E-state index in [4.69, 9.17) is 0 Å². The van der Waals surface area contributed by atoms with Gasteiger partial charge in [-0.15, -0.1) is 4.91 Å². The number of amides is 1. The lowest BCUT2D eigenvalue weighted by molar-refractivity contribution is 0.0726. The molecule has 0 saturated carbocycles. The highest BCUT2D eigenvalue weighted by Gasteiger charge is 2.37. The first-order valence-corrected chi connectivity index (χ1v) is 9.30. The Labute approximate surface area is 166 Å². The number of hydrogen-bond donors (Lipinski definition) is 1. The molecule has 142 valence electrons. The second-order valence-corrected chi connectivity index (χ2v) is 7.09. The topological polar surface area (TPSA) is 91.3 Å². The SMILES string of the molecule is Cc1ccc2[nH]c(C(c3ccccc3N=O)N3Cc4ccccc4C3=O)nc2n1. The predicted molar refractivity (Wildman–Crippen MR) is 109 cm³/mol. The molecule has 0 bridgehead atoms. The van der Waals surface area contributed by atoms with E-state index in [2.05, 4.69) is 20.1 Å². The van der Waals surface area contributed by atoms with Crippen LogP contribution in [0.15, 0.2) is 65.8 Å². The second-order valence-electron chi connectivity index (χ2n) is 7.09. The Morgan fingerprint density at radius 2 is 1.83 bits per heavy atom. The Kier molecular flexibility index (Phi) is 3.94. The van der Waals surface area contributed by atoms with Crippen LogP contribution in [0.3, 0.4) is 0 Å². The van der Waals surface area contributed by atoms with Gasteiger partial charge in [0.15, 0.2) is 5.65 Å². The molecule has 0 saturated heterocycles. The monoisotopic (exact) mass is 383 g/mol. The summed E-state index contributed by atoms with van der Waals surface area (Å²) in [5.41, 5.74) is 4.72. The number of aromatic nitrogens is 3. The predicted octanol–water partition coefficient (Wildman–Crippen LogP) is 4.41. The van der Waals surface area contributed by atoms with Gasteiger partial charge in [-0.3, -0.25) is 4.79 Å². The van der Waals surface area contributed by atoms with E-state index in [1.807, 2.05) is 55.5 Å². The molecule has 3 heterocycles. The standard InChI is InChI=1S/C22H17N5O2/c1-13-10-11-18-20(23-13)25-21(24-18)19(16-8-4-5-9-17(16)26-29)27-12-14-6-2-3-7-15(14)22(27)28/h2-11,19H,12H2,1H3,(H,23,24,25). The molecule has 7 heteroatoms. The summed E-state index contributed by atoms with van der Waals surface area (Å²) in [7, 11) is 0. The Hall–Kier alpha value is -3.87. The molecule has 1 N–H and O–H groups in total. The number of rotatable bonds is 4. The molecule has 4 aromatic rings. The van der Waals surface area contributed by atoms with E-state index in [-0.39, 0.29) is 11.6 Å². The number of carbonyl (C=O) groups excluding carboxylic acids is 1. The fourth-order valence-electron chi connectivity index (χ4n) is 3.89. The lowest BCUT2D eigenvalue weighted by Gasteiger charge is -2.27. The largest absolute Gasteiger partial charge is 0.339 e. The first-order chi connectivity index (χ1) is 14.2. The summed E-state index contributed by atoms with van der Waals surface area (Å²) in [6, 6.07) is 17.8. The van der Waals surface area contributed by atoms with Crippen molar-refractivity contribution in [1.82, 2.24) is 19.9 Å². The average molecular weight is 383 g/mol. The first kappa shape index (κ1) is 17.2. The highest BCUT2D eigenvalue weighted by Crippen LogP contribution is 2.38. The molecule has 5 rings (SSSR count). The van der Waals surface area contributed by atoms with E-state index in [0.717, 1.165) is 16.8 Å². The van der Waals surface area contributed by atoms with Gasteiger partial charge in [-0.25, -0.2) is 9.97 Å². The fourth-order valence-corrected chi connectivity index (χ4v) is 3.89. The van der Waals surface area contributed by atoms with Crippen molar-refractivity contribution in [3.05, 3.63) is 93.8 Å². The van der Waals surface area contributed by atoms with Crippen molar-refractivity contribution < 1.29 is 4.79 Å². The van der Waals surface area contributed by atoms with Gasteiger partial charge >= 0.3 is 0 Å². The van der Waals surface area contributed by atoms with Crippen molar-refractivity contribution in [2.75, 3.05) is 0 Å². The normalized spacial score (nSPS) is 14.2. The van der Waals surface area contributed by atoms with Crippen LogP contribution < -0.4 is 0 Å². The zero-order valence-electron chi connectivity index (χ0n) is 15.7. The zero-order chi connectivity index (χ0) is 20.0. The minimum absolute atomic E-state index is 0.101. The molecule has 0 radical (unpaired) electrons. The van der Waals surface area contributed by atoms with Crippen LogP contribution in [0.1, 0.15) is 39.0 Å².